The molecule has 0 aromatic heterocycles. The Balaban J connectivity index is 1.80. The minimum atomic E-state index is -1.21. The van der Waals surface area contributed by atoms with E-state index in [4.69, 9.17) is 0 Å². The summed E-state index contributed by atoms with van der Waals surface area (Å²) in [4.78, 5) is 51.0. The number of urea groups is 1. The molecule has 0 fully saturated rings. The van der Waals surface area contributed by atoms with Crippen LogP contribution < -0.4 is 5.32 Å². The van der Waals surface area contributed by atoms with Crippen LogP contribution in [0.25, 0.3) is 11.1 Å². The molecule has 37 heavy (non-hydrogen) atoms. The average Bonchev–Trinajstić information content (AvgIpc) is 2.91. The highest BCUT2D eigenvalue weighted by Crippen LogP contribution is 2.24. The molecule has 0 saturated heterocycles. The van der Waals surface area contributed by atoms with Crippen molar-refractivity contribution in [2.24, 2.45) is 0 Å². The number of carboxylic acid groups (broad SMARTS) is 2. The summed E-state index contributed by atoms with van der Waals surface area (Å²) in [6.45, 7) is 1.81. The fourth-order valence-corrected chi connectivity index (χ4v) is 4.62. The SMILES string of the molecule is CCCN(C(=O)N[C@@H](CSCc1ccccc1)C(=O)O)C(=O)c1cc(C(=O)O)cc(-c2ccccc2)c1. The first-order valence-corrected chi connectivity index (χ1v) is 12.9. The monoisotopic (exact) mass is 520 g/mol. The van der Waals surface area contributed by atoms with E-state index >= 15 is 0 Å². The molecule has 0 aliphatic rings. The number of carbonyl (C=O) groups is 4. The molecule has 192 valence electrons. The van der Waals surface area contributed by atoms with Crippen molar-refractivity contribution < 1.29 is 29.4 Å². The molecule has 1 atom stereocenters. The predicted molar refractivity (Wildman–Crippen MR) is 143 cm³/mol. The molecule has 9 heteroatoms. The Hall–Kier alpha value is -4.11. The van der Waals surface area contributed by atoms with E-state index in [1.54, 1.807) is 31.2 Å². The van der Waals surface area contributed by atoms with Gasteiger partial charge in [-0.1, -0.05) is 67.6 Å². The Labute approximate surface area is 219 Å². The van der Waals surface area contributed by atoms with Crippen LogP contribution in [0.2, 0.25) is 0 Å². The van der Waals surface area contributed by atoms with E-state index in [0.29, 0.717) is 23.3 Å². The number of aliphatic carboxylic acids is 1. The van der Waals surface area contributed by atoms with Crippen LogP contribution in [-0.2, 0) is 10.5 Å². The van der Waals surface area contributed by atoms with Crippen LogP contribution in [0, 0.1) is 0 Å². The molecule has 3 rings (SSSR count). The number of rotatable bonds is 11. The Morgan fingerprint density at radius 1 is 0.865 bits per heavy atom. The first-order chi connectivity index (χ1) is 17.8. The molecule has 0 bridgehead atoms. The Morgan fingerprint density at radius 2 is 1.49 bits per heavy atom. The molecule has 3 aromatic carbocycles. The second kappa shape index (κ2) is 13.3. The van der Waals surface area contributed by atoms with Gasteiger partial charge in [-0.3, -0.25) is 9.69 Å². The lowest BCUT2D eigenvalue weighted by atomic mass is 9.99. The van der Waals surface area contributed by atoms with Gasteiger partial charge in [-0.25, -0.2) is 14.4 Å². The lowest BCUT2D eigenvalue weighted by molar-refractivity contribution is -0.138. The molecule has 0 unspecified atom stereocenters. The fraction of sp³-hybridized carbons (Fsp3) is 0.214. The predicted octanol–water partition coefficient (Wildman–Crippen LogP) is 5.00. The van der Waals surface area contributed by atoms with Gasteiger partial charge in [-0.2, -0.15) is 11.8 Å². The minimum Gasteiger partial charge on any atom is -0.480 e. The topological polar surface area (TPSA) is 124 Å². The number of nitrogens with zero attached hydrogens (tertiary/aromatic N) is 1. The number of carboxylic acids is 2. The number of thioether (sulfide) groups is 1. The Bertz CT molecular complexity index is 1250. The van der Waals surface area contributed by atoms with Gasteiger partial charge in [0.2, 0.25) is 0 Å². The van der Waals surface area contributed by atoms with Crippen molar-refractivity contribution in [3.8, 4) is 11.1 Å². The third-order valence-corrected chi connectivity index (χ3v) is 6.57. The molecular formula is C28H28N2O6S. The summed E-state index contributed by atoms with van der Waals surface area (Å²) in [6, 6.07) is 20.7. The largest absolute Gasteiger partial charge is 0.480 e. The van der Waals surface area contributed by atoms with E-state index < -0.39 is 29.9 Å². The number of imide groups is 1. The molecule has 3 N–H and O–H groups in total. The summed E-state index contributed by atoms with van der Waals surface area (Å²) in [5.74, 6) is -2.45. The zero-order valence-corrected chi connectivity index (χ0v) is 21.1. The summed E-state index contributed by atoms with van der Waals surface area (Å²) in [5, 5.41) is 21.7. The van der Waals surface area contributed by atoms with E-state index in [1.807, 2.05) is 36.4 Å². The molecule has 0 radical (unpaired) electrons. The van der Waals surface area contributed by atoms with Crippen LogP contribution in [0.15, 0.2) is 78.9 Å². The molecule has 0 aliphatic carbocycles. The highest BCUT2D eigenvalue weighted by molar-refractivity contribution is 7.98. The van der Waals surface area contributed by atoms with Crippen molar-refractivity contribution in [3.05, 3.63) is 95.6 Å². The second-order valence-electron chi connectivity index (χ2n) is 8.27. The van der Waals surface area contributed by atoms with Crippen molar-refractivity contribution in [2.45, 2.75) is 25.1 Å². The van der Waals surface area contributed by atoms with Crippen molar-refractivity contribution >= 4 is 35.6 Å². The van der Waals surface area contributed by atoms with Crippen LogP contribution in [0.3, 0.4) is 0 Å². The van der Waals surface area contributed by atoms with Crippen molar-refractivity contribution in [1.29, 1.82) is 0 Å². The quantitative estimate of drug-likeness (QED) is 0.325. The van der Waals surface area contributed by atoms with Gasteiger partial charge < -0.3 is 15.5 Å². The van der Waals surface area contributed by atoms with Gasteiger partial charge in [-0.05, 0) is 41.3 Å². The summed E-state index contributed by atoms with van der Waals surface area (Å²) in [7, 11) is 0. The van der Waals surface area contributed by atoms with Crippen molar-refractivity contribution in [3.63, 3.8) is 0 Å². The first-order valence-electron chi connectivity index (χ1n) is 11.7. The third-order valence-electron chi connectivity index (χ3n) is 5.46. The van der Waals surface area contributed by atoms with Gasteiger partial charge >= 0.3 is 18.0 Å². The van der Waals surface area contributed by atoms with Crippen LogP contribution >= 0.6 is 11.8 Å². The second-order valence-corrected chi connectivity index (χ2v) is 9.30. The van der Waals surface area contributed by atoms with Crippen LogP contribution in [0.4, 0.5) is 4.79 Å². The molecule has 0 heterocycles. The fourth-order valence-electron chi connectivity index (χ4n) is 3.62. The van der Waals surface area contributed by atoms with Gasteiger partial charge in [-0.15, -0.1) is 0 Å². The average molecular weight is 521 g/mol. The van der Waals surface area contributed by atoms with E-state index in [9.17, 15) is 29.4 Å². The lowest BCUT2D eigenvalue weighted by Gasteiger charge is -2.24. The van der Waals surface area contributed by atoms with Crippen LogP contribution in [0.5, 0.6) is 0 Å². The molecule has 0 aliphatic heterocycles. The number of aromatic carboxylic acids is 1. The number of nitrogens with one attached hydrogen (secondary N) is 1. The Morgan fingerprint density at radius 3 is 2.08 bits per heavy atom. The van der Waals surface area contributed by atoms with Gasteiger partial charge in [0.25, 0.3) is 5.91 Å². The normalized spacial score (nSPS) is 11.4. The maximum atomic E-state index is 13.4. The first kappa shape index (κ1) is 27.5. The number of hydrogen-bond acceptors (Lipinski definition) is 5. The summed E-state index contributed by atoms with van der Waals surface area (Å²) < 4.78 is 0. The third kappa shape index (κ3) is 7.68. The highest BCUT2D eigenvalue weighted by atomic mass is 32.2. The molecular weight excluding hydrogens is 492 g/mol. The van der Waals surface area contributed by atoms with Gasteiger partial charge in [0, 0.05) is 23.6 Å². The molecule has 0 saturated carbocycles. The smallest absolute Gasteiger partial charge is 0.335 e. The number of benzene rings is 3. The van der Waals surface area contributed by atoms with Gasteiger partial charge in [0.05, 0.1) is 5.56 Å². The van der Waals surface area contributed by atoms with E-state index in [2.05, 4.69) is 5.32 Å². The van der Waals surface area contributed by atoms with Crippen molar-refractivity contribution in [1.82, 2.24) is 10.2 Å². The molecule has 3 amide bonds. The van der Waals surface area contributed by atoms with E-state index in [1.165, 1.54) is 30.0 Å². The van der Waals surface area contributed by atoms with E-state index in [0.717, 1.165) is 10.5 Å². The lowest BCUT2D eigenvalue weighted by Crippen LogP contribution is -2.51. The minimum absolute atomic E-state index is 0.0210. The summed E-state index contributed by atoms with van der Waals surface area (Å²) in [5.41, 5.74) is 2.18. The van der Waals surface area contributed by atoms with Crippen molar-refractivity contribution in [2.75, 3.05) is 12.3 Å². The molecule has 0 spiro atoms. The highest BCUT2D eigenvalue weighted by Gasteiger charge is 2.28. The van der Waals surface area contributed by atoms with E-state index in [-0.39, 0.29) is 23.4 Å². The van der Waals surface area contributed by atoms with Crippen LogP contribution in [0.1, 0.15) is 39.6 Å². The van der Waals surface area contributed by atoms with Gasteiger partial charge in [0.15, 0.2) is 0 Å². The molecule has 8 nitrogen and oxygen atoms in total. The maximum Gasteiger partial charge on any atom is 0.335 e. The zero-order valence-electron chi connectivity index (χ0n) is 20.3. The Kier molecular flexibility index (Phi) is 9.85. The van der Waals surface area contributed by atoms with Gasteiger partial charge in [0.1, 0.15) is 6.04 Å². The maximum absolute atomic E-state index is 13.4. The summed E-state index contributed by atoms with van der Waals surface area (Å²) in [6.07, 6.45) is 0.434. The number of hydrogen-bond donors (Lipinski definition) is 3. The standard InChI is InChI=1S/C28H28N2O6S/c1-2-13-30(28(36)29-24(27(34)35)18-37-17-19-9-5-3-6-10-19)25(31)22-14-21(15-23(16-22)26(32)33)20-11-7-4-8-12-20/h3-12,14-16,24H,2,13,17-18H2,1H3,(H,29,36)(H,32,33)(H,34,35)/t24-/m0/s1. The number of carbonyl (C=O) groups excluding carboxylic acids is 2. The zero-order chi connectivity index (χ0) is 26.8. The van der Waals surface area contributed by atoms with Crippen LogP contribution in [-0.4, -0.2) is 57.3 Å². The molecule has 3 aromatic rings. The number of amides is 3. The summed E-state index contributed by atoms with van der Waals surface area (Å²) >= 11 is 1.36.